The second-order valence-electron chi connectivity index (χ2n) is 7.20. The maximum absolute atomic E-state index is 13.9. The third-order valence-corrected chi connectivity index (χ3v) is 5.22. The molecule has 1 saturated heterocycles. The molecule has 6 nitrogen and oxygen atoms in total. The van der Waals surface area contributed by atoms with Gasteiger partial charge in [0.15, 0.2) is 0 Å². The molecule has 0 aliphatic carbocycles. The molecule has 2 aromatic rings. The largest absolute Gasteiger partial charge is 0.465 e. The third-order valence-electron chi connectivity index (χ3n) is 5.22. The number of aryl methyl sites for hydroxylation is 1. The first-order valence-corrected chi connectivity index (χ1v) is 9.54. The number of likely N-dealkylation sites (tertiary alicyclic amines) is 1. The van der Waals surface area contributed by atoms with Crippen LogP contribution in [0.4, 0.5) is 14.5 Å². The second kappa shape index (κ2) is 9.02. The van der Waals surface area contributed by atoms with Crippen LogP contribution in [0.3, 0.4) is 0 Å². The summed E-state index contributed by atoms with van der Waals surface area (Å²) in [4.78, 5) is 38.2. The zero-order chi connectivity index (χ0) is 21.8. The van der Waals surface area contributed by atoms with E-state index in [1.165, 1.54) is 12.0 Å². The summed E-state index contributed by atoms with van der Waals surface area (Å²) in [6.07, 6.45) is 0.860. The van der Waals surface area contributed by atoms with Gasteiger partial charge in [0.1, 0.15) is 11.6 Å². The highest BCUT2D eigenvalue weighted by atomic mass is 19.1. The minimum Gasteiger partial charge on any atom is -0.465 e. The van der Waals surface area contributed by atoms with Gasteiger partial charge in [0.05, 0.1) is 18.2 Å². The Hall–Kier alpha value is -3.29. The van der Waals surface area contributed by atoms with E-state index in [1.54, 1.807) is 25.1 Å². The molecule has 0 atom stereocenters. The minimum absolute atomic E-state index is 0.177. The molecule has 0 radical (unpaired) electrons. The molecule has 8 heteroatoms. The molecule has 0 unspecified atom stereocenters. The first kappa shape index (κ1) is 21.4. The highest BCUT2D eigenvalue weighted by Crippen LogP contribution is 2.24. The Morgan fingerprint density at radius 1 is 1.07 bits per heavy atom. The third kappa shape index (κ3) is 4.64. The molecular weight excluding hydrogens is 394 g/mol. The highest BCUT2D eigenvalue weighted by Gasteiger charge is 2.29. The number of benzene rings is 2. The van der Waals surface area contributed by atoms with Crippen LogP contribution >= 0.6 is 0 Å². The van der Waals surface area contributed by atoms with E-state index in [2.05, 4.69) is 10.1 Å². The molecule has 2 amide bonds. The van der Waals surface area contributed by atoms with Crippen LogP contribution in [0.1, 0.15) is 39.1 Å². The molecule has 3 rings (SSSR count). The van der Waals surface area contributed by atoms with Gasteiger partial charge in [0.25, 0.3) is 5.91 Å². The van der Waals surface area contributed by atoms with Crippen molar-refractivity contribution < 1.29 is 27.9 Å². The van der Waals surface area contributed by atoms with Crippen molar-refractivity contribution >= 4 is 23.5 Å². The summed E-state index contributed by atoms with van der Waals surface area (Å²) >= 11 is 0. The topological polar surface area (TPSA) is 75.7 Å². The molecule has 1 fully saturated rings. The maximum atomic E-state index is 13.9. The average molecular weight is 416 g/mol. The summed E-state index contributed by atoms with van der Waals surface area (Å²) in [6.45, 7) is 2.38. The molecule has 1 N–H and O–H groups in total. The standard InChI is InChI=1S/C22H22F2N2O4/c1-13-11-15(22(29)30-2)3-6-19(13)25-20(27)14-7-9-26(10-8-14)21(28)17-5-4-16(23)12-18(17)24/h3-6,11-12,14H,7-10H2,1-2H3,(H,25,27). The highest BCUT2D eigenvalue weighted by molar-refractivity contribution is 5.96. The minimum atomic E-state index is -0.897. The van der Waals surface area contributed by atoms with Crippen LogP contribution in [0.5, 0.6) is 0 Å². The summed E-state index contributed by atoms with van der Waals surface area (Å²) in [5.41, 5.74) is 1.54. The van der Waals surface area contributed by atoms with Crippen molar-refractivity contribution in [2.75, 3.05) is 25.5 Å². The molecule has 1 aliphatic rings. The predicted octanol–water partition coefficient (Wildman–Crippen LogP) is 3.55. The number of hydrogen-bond donors (Lipinski definition) is 1. The fraction of sp³-hybridized carbons (Fsp3) is 0.318. The van der Waals surface area contributed by atoms with Crippen LogP contribution in [0, 0.1) is 24.5 Å². The van der Waals surface area contributed by atoms with Crippen LogP contribution in [-0.2, 0) is 9.53 Å². The molecule has 158 valence electrons. The molecule has 30 heavy (non-hydrogen) atoms. The van der Waals surface area contributed by atoms with Gasteiger partial charge in [-0.25, -0.2) is 13.6 Å². The predicted molar refractivity (Wildman–Crippen MR) is 106 cm³/mol. The zero-order valence-electron chi connectivity index (χ0n) is 16.7. The lowest BCUT2D eigenvalue weighted by atomic mass is 9.95. The molecule has 0 bridgehead atoms. The van der Waals surface area contributed by atoms with Crippen molar-refractivity contribution in [3.8, 4) is 0 Å². The number of methoxy groups -OCH3 is 1. The second-order valence-corrected chi connectivity index (χ2v) is 7.20. The van der Waals surface area contributed by atoms with Gasteiger partial charge in [0.2, 0.25) is 5.91 Å². The number of hydrogen-bond acceptors (Lipinski definition) is 4. The Kier molecular flexibility index (Phi) is 6.44. The Morgan fingerprint density at radius 3 is 2.37 bits per heavy atom. The van der Waals surface area contributed by atoms with Crippen LogP contribution in [0.2, 0.25) is 0 Å². The van der Waals surface area contributed by atoms with Gasteiger partial charge in [-0.05, 0) is 55.7 Å². The molecule has 2 aromatic carbocycles. The van der Waals surface area contributed by atoms with Crippen LogP contribution < -0.4 is 5.32 Å². The Balaban J connectivity index is 1.59. The van der Waals surface area contributed by atoms with Gasteiger partial charge < -0.3 is 15.0 Å². The average Bonchev–Trinajstić information content (AvgIpc) is 2.74. The van der Waals surface area contributed by atoms with Crippen molar-refractivity contribution in [3.05, 3.63) is 64.7 Å². The normalized spacial score (nSPS) is 14.3. The summed E-state index contributed by atoms with van der Waals surface area (Å²) in [5, 5.41) is 2.86. The van der Waals surface area contributed by atoms with Crippen molar-refractivity contribution in [1.82, 2.24) is 4.90 Å². The molecule has 0 aromatic heterocycles. The molecular formula is C22H22F2N2O4. The van der Waals surface area contributed by atoms with Gasteiger partial charge in [-0.15, -0.1) is 0 Å². The molecule has 0 saturated carbocycles. The van der Waals surface area contributed by atoms with E-state index in [9.17, 15) is 23.2 Å². The van der Waals surface area contributed by atoms with Crippen LogP contribution in [-0.4, -0.2) is 42.9 Å². The van der Waals surface area contributed by atoms with Gasteiger partial charge in [0, 0.05) is 30.8 Å². The summed E-state index contributed by atoms with van der Waals surface area (Å²) < 4.78 is 31.6. The number of carbonyl (C=O) groups is 3. The Labute approximate surface area is 172 Å². The fourth-order valence-electron chi connectivity index (χ4n) is 3.46. The van der Waals surface area contributed by atoms with E-state index < -0.39 is 23.5 Å². The first-order valence-electron chi connectivity index (χ1n) is 9.54. The van der Waals surface area contributed by atoms with E-state index >= 15 is 0 Å². The molecule has 1 aliphatic heterocycles. The van der Waals surface area contributed by atoms with E-state index in [0.717, 1.165) is 17.7 Å². The number of nitrogens with one attached hydrogen (secondary N) is 1. The lowest BCUT2D eigenvalue weighted by Crippen LogP contribution is -2.41. The molecule has 1 heterocycles. The molecule has 0 spiro atoms. The quantitative estimate of drug-likeness (QED) is 0.774. The lowest BCUT2D eigenvalue weighted by molar-refractivity contribution is -0.121. The summed E-state index contributed by atoms with van der Waals surface area (Å²) in [6, 6.07) is 7.72. The first-order chi connectivity index (χ1) is 14.3. The monoisotopic (exact) mass is 416 g/mol. The van der Waals surface area contributed by atoms with Crippen molar-refractivity contribution in [1.29, 1.82) is 0 Å². The van der Waals surface area contributed by atoms with Gasteiger partial charge in [-0.1, -0.05) is 0 Å². The number of esters is 1. The van der Waals surface area contributed by atoms with Gasteiger partial charge >= 0.3 is 5.97 Å². The van der Waals surface area contributed by atoms with Gasteiger partial charge in [-0.3, -0.25) is 9.59 Å². The lowest BCUT2D eigenvalue weighted by Gasteiger charge is -2.31. The van der Waals surface area contributed by atoms with Crippen molar-refractivity contribution in [3.63, 3.8) is 0 Å². The number of carbonyl (C=O) groups excluding carboxylic acids is 3. The Bertz CT molecular complexity index is 985. The van der Waals surface area contributed by atoms with Crippen molar-refractivity contribution in [2.24, 2.45) is 5.92 Å². The Morgan fingerprint density at radius 2 is 1.77 bits per heavy atom. The number of rotatable bonds is 4. The zero-order valence-corrected chi connectivity index (χ0v) is 16.7. The van der Waals surface area contributed by atoms with E-state index in [0.29, 0.717) is 43.2 Å². The van der Waals surface area contributed by atoms with Crippen molar-refractivity contribution in [2.45, 2.75) is 19.8 Å². The van der Waals surface area contributed by atoms with E-state index in [1.807, 2.05) is 0 Å². The fourth-order valence-corrected chi connectivity index (χ4v) is 3.46. The van der Waals surface area contributed by atoms with Gasteiger partial charge in [-0.2, -0.15) is 0 Å². The van der Waals surface area contributed by atoms with Crippen LogP contribution in [0.15, 0.2) is 36.4 Å². The summed E-state index contributed by atoms with van der Waals surface area (Å²) in [5.74, 6) is -3.08. The van der Waals surface area contributed by atoms with E-state index in [4.69, 9.17) is 0 Å². The van der Waals surface area contributed by atoms with E-state index in [-0.39, 0.29) is 17.4 Å². The van der Waals surface area contributed by atoms with Crippen LogP contribution in [0.25, 0.3) is 0 Å². The number of ether oxygens (including phenoxy) is 1. The smallest absolute Gasteiger partial charge is 0.337 e. The number of anilines is 1. The number of piperidine rings is 1. The summed E-state index contributed by atoms with van der Waals surface area (Å²) in [7, 11) is 1.30. The number of nitrogens with zero attached hydrogens (tertiary/aromatic N) is 1. The SMILES string of the molecule is COC(=O)c1ccc(NC(=O)C2CCN(C(=O)c3ccc(F)cc3F)CC2)c(C)c1. The maximum Gasteiger partial charge on any atom is 0.337 e. The number of halogens is 2. The number of amides is 2.